The van der Waals surface area contributed by atoms with Crippen molar-refractivity contribution in [2.45, 2.75) is 38.1 Å². The maximum absolute atomic E-state index is 5.96. The molecule has 3 heteroatoms. The number of rotatable bonds is 4. The average Bonchev–Trinajstić information content (AvgIpc) is 2.47. The summed E-state index contributed by atoms with van der Waals surface area (Å²) in [5.41, 5.74) is 1.02. The molecule has 3 nitrogen and oxygen atoms in total. The molecule has 1 aliphatic rings. The van der Waals surface area contributed by atoms with Gasteiger partial charge in [0.05, 0.1) is 24.4 Å². The van der Waals surface area contributed by atoms with E-state index in [0.717, 1.165) is 6.42 Å². The quantitative estimate of drug-likeness (QED) is 0.836. The minimum absolute atomic E-state index is 0.0925. The maximum atomic E-state index is 5.96. The molecule has 3 atom stereocenters. The Hall–Kier alpha value is -0.900. The van der Waals surface area contributed by atoms with Crippen molar-refractivity contribution in [3.8, 4) is 0 Å². The SMILES string of the molecule is CO[C@H]1CO[C@H](c2ccccc2)C[C@@H]1C(C)(C)OC. The molecule has 106 valence electrons. The number of benzene rings is 1. The first-order chi connectivity index (χ1) is 9.08. The van der Waals surface area contributed by atoms with Crippen LogP contribution in [0.25, 0.3) is 0 Å². The zero-order chi connectivity index (χ0) is 13.9. The van der Waals surface area contributed by atoms with Crippen LogP contribution in [0.3, 0.4) is 0 Å². The van der Waals surface area contributed by atoms with Gasteiger partial charge in [0.1, 0.15) is 0 Å². The third-order valence-electron chi connectivity index (χ3n) is 4.27. The lowest BCUT2D eigenvalue weighted by molar-refractivity contribution is -0.164. The Morgan fingerprint density at radius 2 is 1.84 bits per heavy atom. The van der Waals surface area contributed by atoms with Crippen LogP contribution >= 0.6 is 0 Å². The Morgan fingerprint density at radius 1 is 1.16 bits per heavy atom. The smallest absolute Gasteiger partial charge is 0.0861 e. The van der Waals surface area contributed by atoms with E-state index in [1.54, 1.807) is 14.2 Å². The van der Waals surface area contributed by atoms with Crippen molar-refractivity contribution < 1.29 is 14.2 Å². The Morgan fingerprint density at radius 3 is 2.42 bits per heavy atom. The van der Waals surface area contributed by atoms with Crippen molar-refractivity contribution in [3.05, 3.63) is 35.9 Å². The molecule has 1 aliphatic heterocycles. The van der Waals surface area contributed by atoms with E-state index in [9.17, 15) is 0 Å². The van der Waals surface area contributed by atoms with Crippen LogP contribution in [0.1, 0.15) is 31.9 Å². The summed E-state index contributed by atoms with van der Waals surface area (Å²) in [6, 6.07) is 10.4. The molecule has 0 amide bonds. The van der Waals surface area contributed by atoms with Gasteiger partial charge in [-0.3, -0.25) is 0 Å². The first kappa shape index (κ1) is 14.5. The molecule has 0 spiro atoms. The van der Waals surface area contributed by atoms with Crippen molar-refractivity contribution in [1.82, 2.24) is 0 Å². The van der Waals surface area contributed by atoms with Crippen LogP contribution in [-0.2, 0) is 14.2 Å². The van der Waals surface area contributed by atoms with E-state index in [1.165, 1.54) is 5.56 Å². The fourth-order valence-electron chi connectivity index (χ4n) is 2.79. The standard InChI is InChI=1S/C16H24O3/c1-16(2,18-4)13-10-14(19-11-15(13)17-3)12-8-6-5-7-9-12/h5-9,13-15H,10-11H2,1-4H3/t13-,14-,15-/m0/s1. The second-order valence-electron chi connectivity index (χ2n) is 5.66. The molecular formula is C16H24O3. The number of methoxy groups -OCH3 is 2. The molecule has 0 saturated carbocycles. The predicted molar refractivity (Wildman–Crippen MR) is 75.1 cm³/mol. The van der Waals surface area contributed by atoms with Crippen LogP contribution in [0.5, 0.6) is 0 Å². The van der Waals surface area contributed by atoms with Crippen molar-refractivity contribution >= 4 is 0 Å². The van der Waals surface area contributed by atoms with Crippen LogP contribution < -0.4 is 0 Å². The molecular weight excluding hydrogens is 240 g/mol. The molecule has 1 saturated heterocycles. The normalized spacial score (nSPS) is 28.3. The van der Waals surface area contributed by atoms with Crippen molar-refractivity contribution in [2.75, 3.05) is 20.8 Å². The van der Waals surface area contributed by atoms with Crippen LogP contribution in [-0.4, -0.2) is 32.5 Å². The second-order valence-corrected chi connectivity index (χ2v) is 5.66. The maximum Gasteiger partial charge on any atom is 0.0861 e. The minimum atomic E-state index is -0.211. The highest BCUT2D eigenvalue weighted by Gasteiger charge is 2.41. The van der Waals surface area contributed by atoms with Gasteiger partial charge in [-0.25, -0.2) is 0 Å². The Kier molecular flexibility index (Phi) is 4.61. The number of hydrogen-bond donors (Lipinski definition) is 0. The zero-order valence-electron chi connectivity index (χ0n) is 12.3. The molecule has 1 fully saturated rings. The van der Waals surface area contributed by atoms with Gasteiger partial charge in [0, 0.05) is 20.1 Å². The summed E-state index contributed by atoms with van der Waals surface area (Å²) in [5.74, 6) is 0.321. The molecule has 2 rings (SSSR count). The molecule has 1 aromatic rings. The van der Waals surface area contributed by atoms with Gasteiger partial charge in [0.25, 0.3) is 0 Å². The summed E-state index contributed by atoms with van der Waals surface area (Å²) in [6.07, 6.45) is 1.14. The molecule has 0 N–H and O–H groups in total. The first-order valence-corrected chi connectivity index (χ1v) is 6.83. The second kappa shape index (κ2) is 6.04. The third-order valence-corrected chi connectivity index (χ3v) is 4.27. The largest absolute Gasteiger partial charge is 0.379 e. The summed E-state index contributed by atoms with van der Waals surface area (Å²) in [5, 5.41) is 0. The van der Waals surface area contributed by atoms with E-state index in [2.05, 4.69) is 38.1 Å². The molecule has 0 bridgehead atoms. The molecule has 1 aromatic carbocycles. The summed E-state index contributed by atoms with van der Waals surface area (Å²) in [7, 11) is 3.51. The monoisotopic (exact) mass is 264 g/mol. The van der Waals surface area contributed by atoms with Crippen LogP contribution in [0.2, 0.25) is 0 Å². The van der Waals surface area contributed by atoms with Crippen molar-refractivity contribution in [3.63, 3.8) is 0 Å². The van der Waals surface area contributed by atoms with Gasteiger partial charge in [-0.15, -0.1) is 0 Å². The van der Waals surface area contributed by atoms with Gasteiger partial charge in [-0.1, -0.05) is 30.3 Å². The molecule has 0 aromatic heterocycles. The van der Waals surface area contributed by atoms with E-state index in [-0.39, 0.29) is 17.8 Å². The molecule has 0 aliphatic carbocycles. The molecule has 0 radical (unpaired) electrons. The predicted octanol–water partition coefficient (Wildman–Crippen LogP) is 3.20. The fourth-order valence-corrected chi connectivity index (χ4v) is 2.79. The molecule has 0 unspecified atom stereocenters. The number of ether oxygens (including phenoxy) is 3. The van der Waals surface area contributed by atoms with Gasteiger partial charge in [0.2, 0.25) is 0 Å². The van der Waals surface area contributed by atoms with Gasteiger partial charge in [0.15, 0.2) is 0 Å². The van der Waals surface area contributed by atoms with Crippen LogP contribution in [0, 0.1) is 5.92 Å². The Bertz CT molecular complexity index is 388. The number of hydrogen-bond acceptors (Lipinski definition) is 3. The summed E-state index contributed by atoms with van der Waals surface area (Å²) < 4.78 is 17.2. The van der Waals surface area contributed by atoms with Gasteiger partial charge < -0.3 is 14.2 Å². The van der Waals surface area contributed by atoms with Crippen LogP contribution in [0.4, 0.5) is 0 Å². The minimum Gasteiger partial charge on any atom is -0.379 e. The third kappa shape index (κ3) is 3.16. The Balaban J connectivity index is 2.16. The van der Waals surface area contributed by atoms with Crippen molar-refractivity contribution in [2.24, 2.45) is 5.92 Å². The highest BCUT2D eigenvalue weighted by molar-refractivity contribution is 5.18. The summed E-state index contributed by atoms with van der Waals surface area (Å²) in [6.45, 7) is 4.86. The lowest BCUT2D eigenvalue weighted by Crippen LogP contribution is -2.47. The molecule has 19 heavy (non-hydrogen) atoms. The van der Waals surface area contributed by atoms with Gasteiger partial charge >= 0.3 is 0 Å². The van der Waals surface area contributed by atoms with E-state index in [0.29, 0.717) is 12.5 Å². The lowest BCUT2D eigenvalue weighted by Gasteiger charge is -2.43. The van der Waals surface area contributed by atoms with Gasteiger partial charge in [-0.05, 0) is 25.8 Å². The molecule has 1 heterocycles. The average molecular weight is 264 g/mol. The first-order valence-electron chi connectivity index (χ1n) is 6.83. The van der Waals surface area contributed by atoms with E-state index in [4.69, 9.17) is 14.2 Å². The topological polar surface area (TPSA) is 27.7 Å². The lowest BCUT2D eigenvalue weighted by atomic mass is 9.79. The highest BCUT2D eigenvalue weighted by Crippen LogP contribution is 2.39. The zero-order valence-corrected chi connectivity index (χ0v) is 12.3. The van der Waals surface area contributed by atoms with Crippen LogP contribution in [0.15, 0.2) is 30.3 Å². The fraction of sp³-hybridized carbons (Fsp3) is 0.625. The van der Waals surface area contributed by atoms with Crippen molar-refractivity contribution in [1.29, 1.82) is 0 Å². The Labute approximate surface area is 115 Å². The van der Waals surface area contributed by atoms with E-state index >= 15 is 0 Å². The highest BCUT2D eigenvalue weighted by atomic mass is 16.5. The summed E-state index contributed by atoms with van der Waals surface area (Å²) >= 11 is 0. The van der Waals surface area contributed by atoms with E-state index in [1.807, 2.05) is 6.07 Å². The summed E-state index contributed by atoms with van der Waals surface area (Å²) in [4.78, 5) is 0. The van der Waals surface area contributed by atoms with Gasteiger partial charge in [-0.2, -0.15) is 0 Å². The van der Waals surface area contributed by atoms with E-state index < -0.39 is 0 Å².